The van der Waals surface area contributed by atoms with Gasteiger partial charge in [0.2, 0.25) is 0 Å². The minimum Gasteiger partial charge on any atom is -0.264 e. The molecule has 0 aromatic carbocycles. The van der Waals surface area contributed by atoms with Gasteiger partial charge in [-0.05, 0) is 85.5 Å². The second-order valence-corrected chi connectivity index (χ2v) is 12.4. The van der Waals surface area contributed by atoms with Gasteiger partial charge in [0.15, 0.2) is 0 Å². The van der Waals surface area contributed by atoms with Gasteiger partial charge in [0.1, 0.15) is 0 Å². The number of fused-ring (bicyclic) bond motifs is 1. The Bertz CT molecular complexity index is 910. The molecule has 0 aromatic heterocycles. The lowest BCUT2D eigenvalue weighted by molar-refractivity contribution is 0.112. The minimum atomic E-state index is -4.43. The molecule has 3 rings (SSSR count). The molecule has 33 heavy (non-hydrogen) atoms. The van der Waals surface area contributed by atoms with Crippen molar-refractivity contribution in [3.05, 3.63) is 47.6 Å². The maximum Gasteiger partial charge on any atom is 0.397 e. The summed E-state index contributed by atoms with van der Waals surface area (Å²) in [7, 11) is -4.43. The van der Waals surface area contributed by atoms with Crippen LogP contribution in [-0.2, 0) is 14.6 Å². The highest BCUT2D eigenvalue weighted by Crippen LogP contribution is 2.59. The molecule has 0 bridgehead atoms. The van der Waals surface area contributed by atoms with E-state index in [1.165, 1.54) is 31.3 Å². The van der Waals surface area contributed by atoms with Crippen LogP contribution in [0.3, 0.4) is 0 Å². The Kier molecular flexibility index (Phi) is 8.51. The molecule has 0 spiro atoms. The Labute approximate surface area is 202 Å². The van der Waals surface area contributed by atoms with Gasteiger partial charge in [-0.3, -0.25) is 4.55 Å². The van der Waals surface area contributed by atoms with E-state index in [4.69, 9.17) is 8.74 Å². The predicted octanol–water partition coefficient (Wildman–Crippen LogP) is 7.47. The van der Waals surface area contributed by atoms with Crippen molar-refractivity contribution in [2.75, 3.05) is 0 Å². The fraction of sp³-hybridized carbons (Fsp3) is 0.714. The minimum absolute atomic E-state index is 0.341. The Morgan fingerprint density at radius 2 is 1.82 bits per heavy atom. The summed E-state index contributed by atoms with van der Waals surface area (Å²) in [5.74, 6) is 3.22. The van der Waals surface area contributed by atoms with Crippen molar-refractivity contribution in [1.82, 2.24) is 0 Å². The van der Waals surface area contributed by atoms with Gasteiger partial charge >= 0.3 is 10.4 Å². The first-order valence-electron chi connectivity index (χ1n) is 12.8. The summed E-state index contributed by atoms with van der Waals surface area (Å²) in [6.45, 7) is 16.0. The average molecular weight is 477 g/mol. The van der Waals surface area contributed by atoms with Crippen LogP contribution in [0.25, 0.3) is 0 Å². The Morgan fingerprint density at radius 3 is 2.48 bits per heavy atom. The second kappa shape index (κ2) is 10.6. The largest absolute Gasteiger partial charge is 0.397 e. The summed E-state index contributed by atoms with van der Waals surface area (Å²) in [5, 5.41) is 0. The lowest BCUT2D eigenvalue weighted by Crippen LogP contribution is -2.35. The molecule has 5 heteroatoms. The first kappa shape index (κ1) is 26.4. The lowest BCUT2D eigenvalue weighted by Gasteiger charge is -2.44. The van der Waals surface area contributed by atoms with Crippen molar-refractivity contribution in [3.8, 4) is 0 Å². The number of hydrogen-bond donors (Lipinski definition) is 1. The first-order chi connectivity index (χ1) is 15.4. The summed E-state index contributed by atoms with van der Waals surface area (Å²) in [6, 6.07) is 0. The van der Waals surface area contributed by atoms with Crippen LogP contribution in [0.4, 0.5) is 0 Å². The maximum absolute atomic E-state index is 11.1. The van der Waals surface area contributed by atoms with Crippen LogP contribution in [0.2, 0.25) is 0 Å². The molecule has 0 heterocycles. The van der Waals surface area contributed by atoms with Crippen molar-refractivity contribution < 1.29 is 17.2 Å². The average Bonchev–Trinajstić information content (AvgIpc) is 3.08. The molecule has 1 N–H and O–H groups in total. The van der Waals surface area contributed by atoms with Gasteiger partial charge in [-0.15, -0.1) is 0 Å². The molecule has 6 atom stereocenters. The molecule has 186 valence electrons. The lowest BCUT2D eigenvalue weighted by atomic mass is 9.61. The molecule has 0 amide bonds. The highest BCUT2D eigenvalue weighted by atomic mass is 32.3. The molecule has 3 aliphatic carbocycles. The highest BCUT2D eigenvalue weighted by molar-refractivity contribution is 7.80. The third kappa shape index (κ3) is 6.49. The summed E-state index contributed by atoms with van der Waals surface area (Å²) in [6.07, 6.45) is 16.8. The second-order valence-electron chi connectivity index (χ2n) is 11.4. The third-order valence-corrected chi connectivity index (χ3v) is 9.38. The fourth-order valence-corrected chi connectivity index (χ4v) is 6.99. The highest BCUT2D eigenvalue weighted by Gasteiger charge is 2.50. The van der Waals surface area contributed by atoms with Crippen LogP contribution in [0.15, 0.2) is 47.6 Å². The molecule has 4 nitrogen and oxygen atoms in total. The van der Waals surface area contributed by atoms with Crippen molar-refractivity contribution in [2.24, 2.45) is 35.0 Å². The van der Waals surface area contributed by atoms with Gasteiger partial charge in [0.05, 0.1) is 6.10 Å². The molecular formula is C28H44O4S. The van der Waals surface area contributed by atoms with Crippen LogP contribution in [0.5, 0.6) is 0 Å². The van der Waals surface area contributed by atoms with E-state index in [-0.39, 0.29) is 0 Å². The van der Waals surface area contributed by atoms with E-state index in [0.717, 1.165) is 17.6 Å². The number of hydrogen-bond acceptors (Lipinski definition) is 3. The van der Waals surface area contributed by atoms with Gasteiger partial charge in [0, 0.05) is 6.42 Å². The van der Waals surface area contributed by atoms with E-state index in [1.54, 1.807) is 0 Å². The molecule has 3 aliphatic rings. The Hall–Kier alpha value is -1.17. The van der Waals surface area contributed by atoms with Crippen molar-refractivity contribution in [3.63, 3.8) is 0 Å². The number of allylic oxidation sites excluding steroid dienone is 6. The van der Waals surface area contributed by atoms with Crippen LogP contribution in [0, 0.1) is 35.0 Å². The van der Waals surface area contributed by atoms with Crippen LogP contribution in [0.1, 0.15) is 86.0 Å². The van der Waals surface area contributed by atoms with E-state index >= 15 is 0 Å². The third-order valence-electron chi connectivity index (χ3n) is 8.87. The monoisotopic (exact) mass is 476 g/mol. The van der Waals surface area contributed by atoms with Gasteiger partial charge in [-0.25, -0.2) is 4.18 Å². The molecule has 0 aromatic rings. The van der Waals surface area contributed by atoms with Crippen LogP contribution < -0.4 is 0 Å². The first-order valence-corrected chi connectivity index (χ1v) is 14.2. The van der Waals surface area contributed by atoms with E-state index < -0.39 is 16.5 Å². The zero-order chi connectivity index (χ0) is 24.4. The van der Waals surface area contributed by atoms with Gasteiger partial charge in [0.25, 0.3) is 0 Å². The van der Waals surface area contributed by atoms with Gasteiger partial charge < -0.3 is 0 Å². The zero-order valence-electron chi connectivity index (χ0n) is 21.2. The van der Waals surface area contributed by atoms with Gasteiger partial charge in [-0.1, -0.05) is 76.6 Å². The van der Waals surface area contributed by atoms with Crippen molar-refractivity contribution >= 4 is 10.4 Å². The standard InChI is InChI=1S/C28H44O4S/c1-19(2)20(3)9-10-22(5)26-15-16-27-23(8-7-17-28(26,27)6)12-13-24-18-25(14-11-21(24)4)32-33(29,30)31/h9-10,12-13,19-20,22,25-27H,4,7-8,11,14-18H2,1-3,5-6H3,(H,29,30,31)/b10-9+,23-12+,24-13-. The van der Waals surface area contributed by atoms with E-state index in [0.29, 0.717) is 54.3 Å². The molecule has 0 saturated heterocycles. The molecular weight excluding hydrogens is 432 g/mol. The summed E-state index contributed by atoms with van der Waals surface area (Å²) < 4.78 is 36.2. The van der Waals surface area contributed by atoms with Crippen molar-refractivity contribution in [2.45, 2.75) is 92.1 Å². The van der Waals surface area contributed by atoms with Gasteiger partial charge in [-0.2, -0.15) is 8.42 Å². The summed E-state index contributed by atoms with van der Waals surface area (Å²) in [5.41, 5.74) is 3.97. The zero-order valence-corrected chi connectivity index (χ0v) is 22.0. The summed E-state index contributed by atoms with van der Waals surface area (Å²) in [4.78, 5) is 0. The Morgan fingerprint density at radius 1 is 1.09 bits per heavy atom. The topological polar surface area (TPSA) is 63.6 Å². The SMILES string of the molecule is C=C1CCC(OS(=O)(=O)O)C/C1=C/C=C1\CCCC2(C)C1CCC2C(C)/C=C/C(C)C(C)C. The molecule has 6 unspecified atom stereocenters. The smallest absolute Gasteiger partial charge is 0.264 e. The van der Waals surface area contributed by atoms with E-state index in [1.807, 2.05) is 0 Å². The summed E-state index contributed by atoms with van der Waals surface area (Å²) >= 11 is 0. The van der Waals surface area contributed by atoms with Crippen LogP contribution in [-0.4, -0.2) is 19.1 Å². The maximum atomic E-state index is 11.1. The Balaban J connectivity index is 1.75. The van der Waals surface area contributed by atoms with E-state index in [2.05, 4.69) is 65.5 Å². The normalized spacial score (nSPS) is 35.5. The fourth-order valence-electron chi connectivity index (χ4n) is 6.49. The molecule has 3 saturated carbocycles. The molecule has 0 radical (unpaired) electrons. The predicted molar refractivity (Wildman–Crippen MR) is 136 cm³/mol. The van der Waals surface area contributed by atoms with Crippen molar-refractivity contribution in [1.29, 1.82) is 0 Å². The molecule has 0 aliphatic heterocycles. The number of rotatable bonds is 7. The van der Waals surface area contributed by atoms with Crippen LogP contribution >= 0.6 is 0 Å². The molecule has 3 fully saturated rings. The van der Waals surface area contributed by atoms with E-state index in [9.17, 15) is 8.42 Å². The quantitative estimate of drug-likeness (QED) is 0.306.